The molecule has 0 bridgehead atoms. The first-order valence-corrected chi connectivity index (χ1v) is 14.1. The third-order valence-corrected chi connectivity index (χ3v) is 8.23. The Bertz CT molecular complexity index is 1420. The van der Waals surface area contributed by atoms with Gasteiger partial charge in [0.25, 0.3) is 11.5 Å². The second-order valence-electron chi connectivity index (χ2n) is 11.2. The fraction of sp³-hybridized carbons (Fsp3) is 0.586. The van der Waals surface area contributed by atoms with E-state index in [2.05, 4.69) is 5.32 Å². The molecular formula is C29H40N6O3. The van der Waals surface area contributed by atoms with Gasteiger partial charge in [-0.3, -0.25) is 18.7 Å². The van der Waals surface area contributed by atoms with E-state index in [0.29, 0.717) is 29.1 Å². The smallest absolute Gasteiger partial charge is 0.333 e. The monoisotopic (exact) mass is 520 g/mol. The molecule has 2 aromatic heterocycles. The van der Waals surface area contributed by atoms with Crippen molar-refractivity contribution in [2.24, 2.45) is 7.05 Å². The summed E-state index contributed by atoms with van der Waals surface area (Å²) in [4.78, 5) is 47.5. The van der Waals surface area contributed by atoms with E-state index in [1.54, 1.807) is 6.07 Å². The summed E-state index contributed by atoms with van der Waals surface area (Å²) in [6, 6.07) is 7.33. The van der Waals surface area contributed by atoms with E-state index in [1.165, 1.54) is 11.0 Å². The highest BCUT2D eigenvalue weighted by molar-refractivity contribution is 5.95. The van der Waals surface area contributed by atoms with Gasteiger partial charge >= 0.3 is 5.69 Å². The Hall–Kier alpha value is -3.20. The number of nitrogens with zero attached hydrogens (tertiary/aromatic N) is 5. The van der Waals surface area contributed by atoms with Crippen LogP contribution in [-0.2, 0) is 7.05 Å². The molecule has 5 rings (SSSR count). The summed E-state index contributed by atoms with van der Waals surface area (Å²) >= 11 is 0. The minimum Gasteiger partial charge on any atom is -0.351 e. The molecule has 2 fully saturated rings. The van der Waals surface area contributed by atoms with E-state index in [1.807, 2.05) is 53.4 Å². The topological polar surface area (TPSA) is 94.2 Å². The van der Waals surface area contributed by atoms with Crippen LogP contribution in [0.2, 0.25) is 0 Å². The fourth-order valence-electron chi connectivity index (χ4n) is 6.20. The summed E-state index contributed by atoms with van der Waals surface area (Å²) in [6.07, 6.45) is 10.1. The van der Waals surface area contributed by atoms with Gasteiger partial charge in [0.2, 0.25) is 0 Å². The summed E-state index contributed by atoms with van der Waals surface area (Å²) in [6.45, 7) is 1.30. The Balaban J connectivity index is 1.62. The zero-order valence-electron chi connectivity index (χ0n) is 22.9. The van der Waals surface area contributed by atoms with Crippen LogP contribution in [0.25, 0.3) is 22.6 Å². The third-order valence-electron chi connectivity index (χ3n) is 8.23. The van der Waals surface area contributed by atoms with Crippen molar-refractivity contribution in [1.29, 1.82) is 0 Å². The second-order valence-corrected chi connectivity index (χ2v) is 11.2. The zero-order valence-corrected chi connectivity index (χ0v) is 22.9. The summed E-state index contributed by atoms with van der Waals surface area (Å²) in [5, 5.41) is 2.96. The lowest BCUT2D eigenvalue weighted by Crippen LogP contribution is -2.44. The number of imidazole rings is 1. The van der Waals surface area contributed by atoms with Gasteiger partial charge in [0.15, 0.2) is 11.2 Å². The van der Waals surface area contributed by atoms with Crippen molar-refractivity contribution in [2.75, 3.05) is 27.2 Å². The first kappa shape index (κ1) is 26.4. The number of benzene rings is 1. The van der Waals surface area contributed by atoms with Crippen LogP contribution < -0.4 is 16.6 Å². The number of carbonyl (C=O) groups excluding carboxylic acids is 1. The lowest BCUT2D eigenvalue weighted by Gasteiger charge is -2.28. The van der Waals surface area contributed by atoms with Crippen molar-refractivity contribution >= 4 is 17.1 Å². The molecule has 3 aromatic rings. The van der Waals surface area contributed by atoms with Crippen molar-refractivity contribution in [3.63, 3.8) is 0 Å². The van der Waals surface area contributed by atoms with E-state index in [4.69, 9.17) is 4.98 Å². The molecule has 2 aliphatic rings. The molecule has 0 unspecified atom stereocenters. The first-order chi connectivity index (χ1) is 18.4. The Labute approximate surface area is 223 Å². The molecule has 1 N–H and O–H groups in total. The number of rotatable bonds is 7. The molecule has 204 valence electrons. The molecule has 9 heteroatoms. The highest BCUT2D eigenvalue weighted by atomic mass is 16.2. The van der Waals surface area contributed by atoms with E-state index in [-0.39, 0.29) is 29.2 Å². The van der Waals surface area contributed by atoms with Crippen molar-refractivity contribution in [1.82, 2.24) is 28.9 Å². The summed E-state index contributed by atoms with van der Waals surface area (Å²) in [5.41, 5.74) is 1.75. The number of carbonyl (C=O) groups is 1. The van der Waals surface area contributed by atoms with Gasteiger partial charge < -0.3 is 14.8 Å². The minimum atomic E-state index is -0.289. The maximum atomic E-state index is 14.0. The zero-order chi connectivity index (χ0) is 26.8. The molecule has 1 amide bonds. The van der Waals surface area contributed by atoms with Crippen LogP contribution in [0.1, 0.15) is 86.6 Å². The molecule has 2 aliphatic carbocycles. The highest BCUT2D eigenvalue weighted by Crippen LogP contribution is 2.32. The molecule has 0 spiro atoms. The number of hydrogen-bond donors (Lipinski definition) is 1. The van der Waals surface area contributed by atoms with Crippen molar-refractivity contribution in [3.8, 4) is 11.4 Å². The SMILES string of the molecule is CN(C)CCNC(=O)c1cccc(-c2nc3c(=O)n(C4CCCCC4)c(=O)n(C4CCCCC4)c3n2C)c1. The standard InChI is InChI=1S/C29H40N6O3/c1-32(2)18-17-30-26(36)21-12-10-11-20(19-21)25-31-24-27(33(25)3)34(22-13-6-4-7-14-22)29(38)35(28(24)37)23-15-8-5-9-16-23/h10-12,19,22-23H,4-9,13-18H2,1-3H3,(H,30,36). The average molecular weight is 521 g/mol. The number of fused-ring (bicyclic) bond motifs is 1. The first-order valence-electron chi connectivity index (χ1n) is 14.1. The van der Waals surface area contributed by atoms with E-state index < -0.39 is 0 Å². The van der Waals surface area contributed by atoms with Crippen LogP contribution in [0, 0.1) is 0 Å². The van der Waals surface area contributed by atoms with Gasteiger partial charge in [0.05, 0.1) is 0 Å². The Kier molecular flexibility index (Phi) is 7.83. The van der Waals surface area contributed by atoms with Crippen molar-refractivity contribution in [3.05, 3.63) is 50.7 Å². The molecule has 2 heterocycles. The van der Waals surface area contributed by atoms with Gasteiger partial charge in [0.1, 0.15) is 5.82 Å². The number of aryl methyl sites for hydroxylation is 1. The number of likely N-dealkylation sites (N-methyl/N-ethyl adjacent to an activating group) is 1. The van der Waals surface area contributed by atoms with Crippen LogP contribution >= 0.6 is 0 Å². The summed E-state index contributed by atoms with van der Waals surface area (Å²) < 4.78 is 5.27. The van der Waals surface area contributed by atoms with Crippen molar-refractivity contribution in [2.45, 2.75) is 76.3 Å². The molecule has 1 aromatic carbocycles. The lowest BCUT2D eigenvalue weighted by atomic mass is 9.94. The van der Waals surface area contributed by atoms with Gasteiger partial charge in [-0.25, -0.2) is 9.78 Å². The van der Waals surface area contributed by atoms with Gasteiger partial charge in [-0.1, -0.05) is 50.7 Å². The maximum Gasteiger partial charge on any atom is 0.333 e. The Morgan fingerprint density at radius 1 is 0.974 bits per heavy atom. The van der Waals surface area contributed by atoms with Gasteiger partial charge in [-0.05, 0) is 51.9 Å². The third kappa shape index (κ3) is 5.08. The normalized spacial score (nSPS) is 17.4. The lowest BCUT2D eigenvalue weighted by molar-refractivity contribution is 0.0951. The molecule has 9 nitrogen and oxygen atoms in total. The van der Waals surface area contributed by atoms with Crippen molar-refractivity contribution < 1.29 is 4.79 Å². The molecule has 0 saturated heterocycles. The summed E-state index contributed by atoms with van der Waals surface area (Å²) in [7, 11) is 5.80. The van der Waals surface area contributed by atoms with Crippen LogP contribution in [-0.4, -0.2) is 56.7 Å². The Morgan fingerprint density at radius 2 is 1.61 bits per heavy atom. The quantitative estimate of drug-likeness (QED) is 0.511. The molecule has 0 atom stereocenters. The minimum absolute atomic E-state index is 0.0613. The highest BCUT2D eigenvalue weighted by Gasteiger charge is 2.29. The molecule has 0 aliphatic heterocycles. The molecule has 0 radical (unpaired) electrons. The van der Waals surface area contributed by atoms with Crippen LogP contribution in [0.5, 0.6) is 0 Å². The van der Waals surface area contributed by atoms with Gasteiger partial charge in [0, 0.05) is 43.3 Å². The van der Waals surface area contributed by atoms with Gasteiger partial charge in [-0.2, -0.15) is 0 Å². The number of amides is 1. The largest absolute Gasteiger partial charge is 0.351 e. The van der Waals surface area contributed by atoms with Gasteiger partial charge in [-0.15, -0.1) is 0 Å². The van der Waals surface area contributed by atoms with E-state index in [9.17, 15) is 14.4 Å². The Morgan fingerprint density at radius 3 is 2.24 bits per heavy atom. The fourth-order valence-corrected chi connectivity index (χ4v) is 6.20. The predicted octanol–water partition coefficient (Wildman–Crippen LogP) is 3.87. The maximum absolute atomic E-state index is 14.0. The van der Waals surface area contributed by atoms with E-state index in [0.717, 1.165) is 69.9 Å². The van der Waals surface area contributed by atoms with Crippen LogP contribution in [0.4, 0.5) is 0 Å². The molecule has 38 heavy (non-hydrogen) atoms. The van der Waals surface area contributed by atoms with Crippen LogP contribution in [0.3, 0.4) is 0 Å². The molecule has 2 saturated carbocycles. The number of nitrogens with one attached hydrogen (secondary N) is 1. The van der Waals surface area contributed by atoms with E-state index >= 15 is 0 Å². The number of hydrogen-bond acceptors (Lipinski definition) is 5. The molecular weight excluding hydrogens is 480 g/mol. The average Bonchev–Trinajstić information content (AvgIpc) is 3.27. The van der Waals surface area contributed by atoms with Crippen LogP contribution in [0.15, 0.2) is 33.9 Å². The number of aromatic nitrogens is 4. The predicted molar refractivity (Wildman–Crippen MR) is 150 cm³/mol. The second kappa shape index (κ2) is 11.3. The summed E-state index contributed by atoms with van der Waals surface area (Å²) in [5.74, 6) is 0.441.